The van der Waals surface area contributed by atoms with Crippen LogP contribution in [0.25, 0.3) is 0 Å². The highest BCUT2D eigenvalue weighted by Crippen LogP contribution is 2.31. The molecule has 0 bridgehead atoms. The second-order valence-electron chi connectivity index (χ2n) is 5.91. The molecule has 1 fully saturated rings. The van der Waals surface area contributed by atoms with Gasteiger partial charge in [-0.15, -0.1) is 0 Å². The molecule has 1 aromatic rings. The predicted octanol–water partition coefficient (Wildman–Crippen LogP) is 2.77. The molecule has 1 aliphatic heterocycles. The van der Waals surface area contributed by atoms with Crippen molar-refractivity contribution in [3.63, 3.8) is 0 Å². The SMILES string of the molecule is Cc1cc(C)c(NC(=O)N2CCC(C)(C(=O)O)C2)c(F)c1. The topological polar surface area (TPSA) is 69.6 Å². The van der Waals surface area contributed by atoms with Crippen molar-refractivity contribution in [2.75, 3.05) is 18.4 Å². The number of hydrogen-bond donors (Lipinski definition) is 2. The van der Waals surface area contributed by atoms with Crippen molar-refractivity contribution >= 4 is 17.7 Å². The summed E-state index contributed by atoms with van der Waals surface area (Å²) < 4.78 is 13.9. The first kappa shape index (κ1) is 15.3. The first-order chi connectivity index (χ1) is 9.73. The molecule has 0 radical (unpaired) electrons. The Morgan fingerprint density at radius 2 is 2.05 bits per heavy atom. The van der Waals surface area contributed by atoms with Gasteiger partial charge in [-0.05, 0) is 44.4 Å². The van der Waals surface area contributed by atoms with Gasteiger partial charge in [0.2, 0.25) is 0 Å². The van der Waals surface area contributed by atoms with Crippen molar-refractivity contribution in [3.8, 4) is 0 Å². The number of carbonyl (C=O) groups is 2. The second-order valence-corrected chi connectivity index (χ2v) is 5.91. The summed E-state index contributed by atoms with van der Waals surface area (Å²) in [5.74, 6) is -1.41. The fourth-order valence-electron chi connectivity index (χ4n) is 2.57. The summed E-state index contributed by atoms with van der Waals surface area (Å²) >= 11 is 0. The number of carbonyl (C=O) groups excluding carboxylic acids is 1. The third-order valence-electron chi connectivity index (χ3n) is 3.94. The van der Waals surface area contributed by atoms with Crippen LogP contribution >= 0.6 is 0 Å². The summed E-state index contributed by atoms with van der Waals surface area (Å²) in [7, 11) is 0. The van der Waals surface area contributed by atoms with E-state index in [2.05, 4.69) is 5.32 Å². The lowest BCUT2D eigenvalue weighted by Gasteiger charge is -2.21. The van der Waals surface area contributed by atoms with Crippen LogP contribution in [0.4, 0.5) is 14.9 Å². The van der Waals surface area contributed by atoms with Gasteiger partial charge in [-0.3, -0.25) is 4.79 Å². The Labute approximate surface area is 122 Å². The molecule has 2 rings (SSSR count). The molecule has 1 atom stereocenters. The molecule has 21 heavy (non-hydrogen) atoms. The van der Waals surface area contributed by atoms with E-state index in [-0.39, 0.29) is 12.2 Å². The Kier molecular flexibility index (Phi) is 3.89. The number of aliphatic carboxylic acids is 1. The highest BCUT2D eigenvalue weighted by molar-refractivity contribution is 5.91. The summed E-state index contributed by atoms with van der Waals surface area (Å²) in [5.41, 5.74) is 0.635. The van der Waals surface area contributed by atoms with E-state index in [1.807, 2.05) is 0 Å². The third kappa shape index (κ3) is 2.99. The molecule has 114 valence electrons. The standard InChI is InChI=1S/C15H19FN2O3/c1-9-6-10(2)12(11(16)7-9)17-14(21)18-5-4-15(3,8-18)13(19)20/h6-7H,4-5,8H2,1-3H3,(H,17,21)(H,19,20). The van der Waals surface area contributed by atoms with Crippen molar-refractivity contribution in [1.82, 2.24) is 4.90 Å². The Balaban J connectivity index is 2.12. The van der Waals surface area contributed by atoms with Crippen LogP contribution in [-0.4, -0.2) is 35.1 Å². The molecule has 1 aliphatic rings. The van der Waals surface area contributed by atoms with Gasteiger partial charge >= 0.3 is 12.0 Å². The molecule has 2 N–H and O–H groups in total. The second kappa shape index (κ2) is 5.35. The minimum Gasteiger partial charge on any atom is -0.481 e. The summed E-state index contributed by atoms with van der Waals surface area (Å²) in [5, 5.41) is 11.7. The van der Waals surface area contributed by atoms with Crippen molar-refractivity contribution in [2.24, 2.45) is 5.41 Å². The number of carboxylic acid groups (broad SMARTS) is 1. The summed E-state index contributed by atoms with van der Waals surface area (Å²) in [6.07, 6.45) is 0.394. The monoisotopic (exact) mass is 294 g/mol. The zero-order chi connectivity index (χ0) is 15.8. The van der Waals surface area contributed by atoms with Crippen LogP contribution in [0.2, 0.25) is 0 Å². The smallest absolute Gasteiger partial charge is 0.321 e. The number of rotatable bonds is 2. The van der Waals surface area contributed by atoms with Crippen LogP contribution in [0.5, 0.6) is 0 Å². The Hall–Kier alpha value is -2.11. The van der Waals surface area contributed by atoms with Crippen LogP contribution in [-0.2, 0) is 4.79 Å². The molecule has 2 amide bonds. The fourth-order valence-corrected chi connectivity index (χ4v) is 2.57. The number of likely N-dealkylation sites (tertiary alicyclic amines) is 1. The van der Waals surface area contributed by atoms with E-state index in [0.717, 1.165) is 5.56 Å². The molecule has 1 aromatic carbocycles. The predicted molar refractivity (Wildman–Crippen MR) is 76.8 cm³/mol. The molecule has 6 heteroatoms. The highest BCUT2D eigenvalue weighted by Gasteiger charge is 2.42. The number of nitrogens with one attached hydrogen (secondary N) is 1. The number of nitrogens with zero attached hydrogens (tertiary/aromatic N) is 1. The van der Waals surface area contributed by atoms with E-state index in [1.165, 1.54) is 11.0 Å². The van der Waals surface area contributed by atoms with E-state index in [9.17, 15) is 14.0 Å². The van der Waals surface area contributed by atoms with Gasteiger partial charge in [0.05, 0.1) is 11.1 Å². The average molecular weight is 294 g/mol. The van der Waals surface area contributed by atoms with Gasteiger partial charge in [0, 0.05) is 13.1 Å². The van der Waals surface area contributed by atoms with Crippen LogP contribution in [0, 0.1) is 25.1 Å². The lowest BCUT2D eigenvalue weighted by molar-refractivity contribution is -0.146. The lowest BCUT2D eigenvalue weighted by atomic mass is 9.90. The molecule has 0 saturated carbocycles. The zero-order valence-corrected chi connectivity index (χ0v) is 12.4. The molecule has 1 saturated heterocycles. The average Bonchev–Trinajstić information content (AvgIpc) is 2.78. The molecule has 0 aromatic heterocycles. The van der Waals surface area contributed by atoms with E-state index in [1.54, 1.807) is 26.8 Å². The number of aryl methyl sites for hydroxylation is 2. The largest absolute Gasteiger partial charge is 0.481 e. The Bertz CT molecular complexity index is 580. The van der Waals surface area contributed by atoms with Crippen molar-refractivity contribution in [1.29, 1.82) is 0 Å². The maximum atomic E-state index is 13.9. The van der Waals surface area contributed by atoms with Gasteiger partial charge in [0.25, 0.3) is 0 Å². The number of benzene rings is 1. The normalized spacial score (nSPS) is 21.4. The van der Waals surface area contributed by atoms with Gasteiger partial charge in [-0.1, -0.05) is 6.07 Å². The number of carboxylic acids is 1. The van der Waals surface area contributed by atoms with Crippen LogP contribution < -0.4 is 5.32 Å². The molecule has 1 heterocycles. The zero-order valence-electron chi connectivity index (χ0n) is 12.4. The maximum Gasteiger partial charge on any atom is 0.321 e. The lowest BCUT2D eigenvalue weighted by Crippen LogP contribution is -2.37. The molecular formula is C15H19FN2O3. The minimum atomic E-state index is -0.932. The highest BCUT2D eigenvalue weighted by atomic mass is 19.1. The van der Waals surface area contributed by atoms with Gasteiger partial charge in [0.15, 0.2) is 0 Å². The van der Waals surface area contributed by atoms with Gasteiger partial charge in [-0.25, -0.2) is 9.18 Å². The molecular weight excluding hydrogens is 275 g/mol. The number of urea groups is 1. The first-order valence-electron chi connectivity index (χ1n) is 6.79. The Morgan fingerprint density at radius 3 is 2.57 bits per heavy atom. The van der Waals surface area contributed by atoms with E-state index < -0.39 is 23.2 Å². The van der Waals surface area contributed by atoms with E-state index >= 15 is 0 Å². The van der Waals surface area contributed by atoms with Crippen LogP contribution in [0.15, 0.2) is 12.1 Å². The van der Waals surface area contributed by atoms with Crippen molar-refractivity contribution in [2.45, 2.75) is 27.2 Å². The van der Waals surface area contributed by atoms with E-state index in [0.29, 0.717) is 18.5 Å². The first-order valence-corrected chi connectivity index (χ1v) is 6.79. The Morgan fingerprint density at radius 1 is 1.38 bits per heavy atom. The maximum absolute atomic E-state index is 13.9. The molecule has 0 aliphatic carbocycles. The number of amides is 2. The van der Waals surface area contributed by atoms with E-state index in [4.69, 9.17) is 5.11 Å². The summed E-state index contributed by atoms with van der Waals surface area (Å²) in [6, 6.07) is 2.67. The van der Waals surface area contributed by atoms with Gasteiger partial charge < -0.3 is 15.3 Å². The molecule has 1 unspecified atom stereocenters. The molecule has 0 spiro atoms. The molecule has 5 nitrogen and oxygen atoms in total. The third-order valence-corrected chi connectivity index (χ3v) is 3.94. The number of hydrogen-bond acceptors (Lipinski definition) is 2. The van der Waals surface area contributed by atoms with Crippen LogP contribution in [0.3, 0.4) is 0 Å². The van der Waals surface area contributed by atoms with Crippen LogP contribution in [0.1, 0.15) is 24.5 Å². The quantitative estimate of drug-likeness (QED) is 0.881. The van der Waals surface area contributed by atoms with Gasteiger partial charge in [0.1, 0.15) is 5.82 Å². The minimum absolute atomic E-state index is 0.126. The van der Waals surface area contributed by atoms with Crippen molar-refractivity contribution in [3.05, 3.63) is 29.1 Å². The number of anilines is 1. The van der Waals surface area contributed by atoms with Crippen molar-refractivity contribution < 1.29 is 19.1 Å². The summed E-state index contributed by atoms with van der Waals surface area (Å²) in [6.45, 7) is 5.58. The van der Waals surface area contributed by atoms with Gasteiger partial charge in [-0.2, -0.15) is 0 Å². The number of halogens is 1. The fraction of sp³-hybridized carbons (Fsp3) is 0.467. The summed E-state index contributed by atoms with van der Waals surface area (Å²) in [4.78, 5) is 24.8.